The van der Waals surface area contributed by atoms with Crippen LogP contribution in [0.3, 0.4) is 0 Å². The van der Waals surface area contributed by atoms with Gasteiger partial charge in [-0.05, 0) is 37.1 Å². The van der Waals surface area contributed by atoms with Crippen LogP contribution in [0, 0.1) is 5.92 Å². The lowest BCUT2D eigenvalue weighted by molar-refractivity contribution is -0.128. The number of likely N-dealkylation sites (tertiary alicyclic amines) is 1. The molecule has 2 aliphatic rings. The van der Waals surface area contributed by atoms with E-state index in [9.17, 15) is 18.0 Å². The summed E-state index contributed by atoms with van der Waals surface area (Å²) in [5.41, 5.74) is 0.533. The van der Waals surface area contributed by atoms with Crippen LogP contribution in [0.2, 0.25) is 0 Å². The third-order valence-corrected chi connectivity index (χ3v) is 7.05. The highest BCUT2D eigenvalue weighted by Gasteiger charge is 2.41. The molecule has 0 bridgehead atoms. The van der Waals surface area contributed by atoms with E-state index in [1.54, 1.807) is 26.0 Å². The number of rotatable bonds is 7. The molecule has 0 aromatic heterocycles. The number of carbonyl (C=O) groups excluding carboxylic acids is 2. The summed E-state index contributed by atoms with van der Waals surface area (Å²) in [7, 11) is -3.51. The Morgan fingerprint density at radius 1 is 1.19 bits per heavy atom. The molecule has 1 aromatic carbocycles. The first-order valence-corrected chi connectivity index (χ1v) is 10.5. The van der Waals surface area contributed by atoms with Crippen molar-refractivity contribution in [1.29, 1.82) is 0 Å². The molecule has 7 nitrogen and oxygen atoms in total. The molecule has 1 aliphatic heterocycles. The maximum absolute atomic E-state index is 12.5. The van der Waals surface area contributed by atoms with Gasteiger partial charge in [0.25, 0.3) is 0 Å². The summed E-state index contributed by atoms with van der Waals surface area (Å²) in [5.74, 6) is -0.489. The number of hydrogen-bond donors (Lipinski definition) is 1. The first-order valence-electron chi connectivity index (χ1n) is 9.07. The summed E-state index contributed by atoms with van der Waals surface area (Å²) < 4.78 is 26.3. The molecule has 1 N–H and O–H groups in total. The van der Waals surface area contributed by atoms with Crippen LogP contribution in [0.15, 0.2) is 29.2 Å². The van der Waals surface area contributed by atoms with Gasteiger partial charge in [-0.1, -0.05) is 13.8 Å². The predicted molar refractivity (Wildman–Crippen MR) is 98.0 cm³/mol. The Bertz CT molecular complexity index is 783. The fourth-order valence-electron chi connectivity index (χ4n) is 3.31. The zero-order valence-electron chi connectivity index (χ0n) is 15.1. The summed E-state index contributed by atoms with van der Waals surface area (Å²) in [5, 5.41) is 2.79. The van der Waals surface area contributed by atoms with Crippen LogP contribution in [0.4, 0.5) is 5.69 Å². The largest absolute Gasteiger partial charge is 0.339 e. The van der Waals surface area contributed by atoms with Gasteiger partial charge in [0, 0.05) is 37.8 Å². The summed E-state index contributed by atoms with van der Waals surface area (Å²) >= 11 is 0. The van der Waals surface area contributed by atoms with Gasteiger partial charge in [0.15, 0.2) is 0 Å². The van der Waals surface area contributed by atoms with Gasteiger partial charge in [-0.2, -0.15) is 4.31 Å². The van der Waals surface area contributed by atoms with Gasteiger partial charge in [0.05, 0.1) is 10.8 Å². The van der Waals surface area contributed by atoms with E-state index < -0.39 is 10.0 Å². The minimum atomic E-state index is -3.51. The van der Waals surface area contributed by atoms with Gasteiger partial charge >= 0.3 is 0 Å². The van der Waals surface area contributed by atoms with Gasteiger partial charge in [-0.15, -0.1) is 0 Å². The Balaban J connectivity index is 1.64. The van der Waals surface area contributed by atoms with Crippen LogP contribution in [-0.4, -0.2) is 55.1 Å². The molecule has 1 unspecified atom stereocenters. The molecule has 1 aliphatic carbocycles. The van der Waals surface area contributed by atoms with Crippen molar-refractivity contribution < 1.29 is 18.0 Å². The summed E-state index contributed by atoms with van der Waals surface area (Å²) in [4.78, 5) is 26.4. The molecule has 26 heavy (non-hydrogen) atoms. The number of nitrogens with zero attached hydrogens (tertiary/aromatic N) is 2. The molecule has 1 aromatic rings. The number of benzene rings is 1. The van der Waals surface area contributed by atoms with E-state index in [0.29, 0.717) is 31.4 Å². The third-order valence-electron chi connectivity index (χ3n) is 4.98. The van der Waals surface area contributed by atoms with Crippen LogP contribution in [0.1, 0.15) is 33.1 Å². The second kappa shape index (κ2) is 7.36. The van der Waals surface area contributed by atoms with Crippen molar-refractivity contribution in [1.82, 2.24) is 9.21 Å². The quantitative estimate of drug-likeness (QED) is 0.781. The van der Waals surface area contributed by atoms with Crippen molar-refractivity contribution in [2.75, 3.05) is 25.0 Å². The normalized spacial score (nSPS) is 20.7. The molecule has 1 saturated heterocycles. The molecule has 8 heteroatoms. The highest BCUT2D eigenvalue weighted by Crippen LogP contribution is 2.33. The molecule has 1 heterocycles. The van der Waals surface area contributed by atoms with Gasteiger partial charge in [-0.25, -0.2) is 8.42 Å². The van der Waals surface area contributed by atoms with Crippen LogP contribution in [0.25, 0.3) is 0 Å². The van der Waals surface area contributed by atoms with Crippen molar-refractivity contribution in [3.63, 3.8) is 0 Å². The van der Waals surface area contributed by atoms with Crippen molar-refractivity contribution in [3.8, 4) is 0 Å². The third kappa shape index (κ3) is 3.76. The lowest BCUT2D eigenvalue weighted by atomic mass is 10.1. The first kappa shape index (κ1) is 18.8. The van der Waals surface area contributed by atoms with E-state index in [-0.39, 0.29) is 29.0 Å². The molecule has 2 fully saturated rings. The number of anilines is 1. The maximum atomic E-state index is 12.5. The van der Waals surface area contributed by atoms with Gasteiger partial charge in [0.1, 0.15) is 0 Å². The minimum Gasteiger partial charge on any atom is -0.339 e. The molecule has 2 amide bonds. The van der Waals surface area contributed by atoms with E-state index in [1.807, 2.05) is 4.90 Å². The van der Waals surface area contributed by atoms with Crippen LogP contribution in [0.5, 0.6) is 0 Å². The van der Waals surface area contributed by atoms with E-state index in [0.717, 1.165) is 12.8 Å². The van der Waals surface area contributed by atoms with E-state index in [2.05, 4.69) is 5.32 Å². The van der Waals surface area contributed by atoms with Gasteiger partial charge < -0.3 is 10.2 Å². The average molecular weight is 379 g/mol. The van der Waals surface area contributed by atoms with E-state index in [1.165, 1.54) is 16.4 Å². The van der Waals surface area contributed by atoms with Crippen molar-refractivity contribution in [3.05, 3.63) is 24.3 Å². The number of sulfonamides is 1. The lowest BCUT2D eigenvalue weighted by Gasteiger charge is -2.18. The number of hydrogen-bond acceptors (Lipinski definition) is 4. The fourth-order valence-corrected chi connectivity index (χ4v) is 4.77. The molecule has 0 radical (unpaired) electrons. The zero-order chi connectivity index (χ0) is 18.9. The standard InChI is InChI=1S/C18H25N3O4S/c1-3-20(4-2)26(24,25)16-9-5-14(6-10-16)19-18(23)13-11-17(22)21(12-13)15-7-8-15/h5-6,9-10,13,15H,3-4,7-8,11-12H2,1-2H3,(H,19,23). The minimum absolute atomic E-state index is 0.0494. The Hall–Kier alpha value is -1.93. The Morgan fingerprint density at radius 3 is 2.35 bits per heavy atom. The molecule has 3 rings (SSSR count). The molecule has 0 spiro atoms. The molecular weight excluding hydrogens is 354 g/mol. The van der Waals surface area contributed by atoms with E-state index >= 15 is 0 Å². The number of amides is 2. The van der Waals surface area contributed by atoms with Crippen LogP contribution in [-0.2, 0) is 19.6 Å². The summed E-state index contributed by atoms with van der Waals surface area (Å²) in [6.07, 6.45) is 2.31. The summed E-state index contributed by atoms with van der Waals surface area (Å²) in [6, 6.07) is 6.50. The predicted octanol–water partition coefficient (Wildman–Crippen LogP) is 1.67. The summed E-state index contributed by atoms with van der Waals surface area (Å²) in [6.45, 7) is 4.88. The van der Waals surface area contributed by atoms with Crippen molar-refractivity contribution in [2.24, 2.45) is 5.92 Å². The first-order chi connectivity index (χ1) is 12.4. The maximum Gasteiger partial charge on any atom is 0.243 e. The fraction of sp³-hybridized carbons (Fsp3) is 0.556. The molecular formula is C18H25N3O4S. The Kier molecular flexibility index (Phi) is 5.34. The van der Waals surface area contributed by atoms with E-state index in [4.69, 9.17) is 0 Å². The monoisotopic (exact) mass is 379 g/mol. The van der Waals surface area contributed by atoms with Gasteiger partial charge in [-0.3, -0.25) is 9.59 Å². The zero-order valence-corrected chi connectivity index (χ0v) is 16.0. The number of carbonyl (C=O) groups is 2. The second-order valence-corrected chi connectivity index (χ2v) is 8.72. The van der Waals surface area contributed by atoms with Crippen molar-refractivity contribution >= 4 is 27.5 Å². The lowest BCUT2D eigenvalue weighted by Crippen LogP contribution is -2.30. The Morgan fingerprint density at radius 2 is 1.81 bits per heavy atom. The van der Waals surface area contributed by atoms with Crippen LogP contribution < -0.4 is 5.32 Å². The SMILES string of the molecule is CCN(CC)S(=O)(=O)c1ccc(NC(=O)C2CC(=O)N(C3CC3)C2)cc1. The molecule has 1 atom stereocenters. The van der Waals surface area contributed by atoms with Crippen LogP contribution >= 0.6 is 0 Å². The molecule has 1 saturated carbocycles. The smallest absolute Gasteiger partial charge is 0.243 e. The van der Waals surface area contributed by atoms with Crippen molar-refractivity contribution in [2.45, 2.75) is 44.0 Å². The number of nitrogens with one attached hydrogen (secondary N) is 1. The molecule has 142 valence electrons. The van der Waals surface area contributed by atoms with Gasteiger partial charge in [0.2, 0.25) is 21.8 Å². The highest BCUT2D eigenvalue weighted by molar-refractivity contribution is 7.89. The second-order valence-electron chi connectivity index (χ2n) is 6.78. The highest BCUT2D eigenvalue weighted by atomic mass is 32.2. The topological polar surface area (TPSA) is 86.8 Å². The Labute approximate surface area is 154 Å². The average Bonchev–Trinajstić information content (AvgIpc) is 3.38.